The van der Waals surface area contributed by atoms with Crippen LogP contribution in [0.1, 0.15) is 23.2 Å². The van der Waals surface area contributed by atoms with E-state index >= 15 is 0 Å². The summed E-state index contributed by atoms with van der Waals surface area (Å²) >= 11 is 1.56. The Hall–Kier alpha value is -2.25. The van der Waals surface area contributed by atoms with Crippen LogP contribution in [0.5, 0.6) is 0 Å². The molecule has 1 aliphatic rings. The summed E-state index contributed by atoms with van der Waals surface area (Å²) in [7, 11) is -3.11. The minimum Gasteiger partial charge on any atom is -0.351 e. The third-order valence-electron chi connectivity index (χ3n) is 4.62. The number of hydrogen-bond acceptors (Lipinski definition) is 5. The van der Waals surface area contributed by atoms with Crippen molar-refractivity contribution in [3.05, 3.63) is 53.4 Å². The molecule has 0 unspecified atom stereocenters. The van der Waals surface area contributed by atoms with E-state index in [-0.39, 0.29) is 24.0 Å². The highest BCUT2D eigenvalue weighted by Gasteiger charge is 2.27. The molecule has 0 atom stereocenters. The molecule has 1 saturated carbocycles. The molecule has 1 amide bonds. The van der Waals surface area contributed by atoms with Gasteiger partial charge in [-0.1, -0.05) is 24.3 Å². The van der Waals surface area contributed by atoms with Crippen molar-refractivity contribution in [3.63, 3.8) is 0 Å². The lowest BCUT2D eigenvalue weighted by Gasteiger charge is -2.10. The van der Waals surface area contributed by atoms with Gasteiger partial charge < -0.3 is 5.32 Å². The summed E-state index contributed by atoms with van der Waals surface area (Å²) in [6, 6.07) is 13.2. The van der Waals surface area contributed by atoms with Gasteiger partial charge in [0.25, 0.3) is 5.91 Å². The van der Waals surface area contributed by atoms with E-state index in [4.69, 9.17) is 0 Å². The van der Waals surface area contributed by atoms with Gasteiger partial charge in [-0.3, -0.25) is 4.79 Å². The quantitative estimate of drug-likeness (QED) is 0.658. The van der Waals surface area contributed by atoms with Crippen molar-refractivity contribution in [1.29, 1.82) is 0 Å². The first-order valence-electron chi connectivity index (χ1n) is 8.94. The average Bonchev–Trinajstić information content (AvgIpc) is 3.27. The van der Waals surface area contributed by atoms with Gasteiger partial charge in [0.2, 0.25) is 0 Å². The molecule has 0 spiro atoms. The first-order valence-corrected chi connectivity index (χ1v) is 11.6. The van der Waals surface area contributed by atoms with Crippen LogP contribution in [-0.4, -0.2) is 37.4 Å². The Morgan fingerprint density at radius 3 is 2.74 bits per heavy atom. The Bertz CT molecular complexity index is 1070. The zero-order chi connectivity index (χ0) is 18.9. The Kier molecular flexibility index (Phi) is 4.97. The second-order valence-corrected chi connectivity index (χ2v) is 10.0. The molecule has 0 bridgehead atoms. The Morgan fingerprint density at radius 2 is 2.00 bits per heavy atom. The number of sulfone groups is 1. The molecule has 1 fully saturated rings. The van der Waals surface area contributed by atoms with E-state index < -0.39 is 9.84 Å². The van der Waals surface area contributed by atoms with Crippen molar-refractivity contribution >= 4 is 38.0 Å². The molecule has 7 heteroatoms. The number of carbonyl (C=O) groups excluding carboxylic acids is 1. The summed E-state index contributed by atoms with van der Waals surface area (Å²) in [5.41, 5.74) is 2.01. The smallest absolute Gasteiger partial charge is 0.252 e. The largest absolute Gasteiger partial charge is 0.351 e. The van der Waals surface area contributed by atoms with Gasteiger partial charge in [-0.05, 0) is 42.3 Å². The molecule has 5 nitrogen and oxygen atoms in total. The Balaban J connectivity index is 1.55. The van der Waals surface area contributed by atoms with Crippen LogP contribution in [0.3, 0.4) is 0 Å². The van der Waals surface area contributed by atoms with Gasteiger partial charge in [0.15, 0.2) is 9.84 Å². The summed E-state index contributed by atoms with van der Waals surface area (Å²) in [6.07, 6.45) is 2.00. The van der Waals surface area contributed by atoms with E-state index in [2.05, 4.69) is 10.3 Å². The number of pyridine rings is 1. The fourth-order valence-corrected chi connectivity index (χ4v) is 5.37. The molecule has 2 aromatic heterocycles. The van der Waals surface area contributed by atoms with Crippen molar-refractivity contribution in [2.24, 2.45) is 5.92 Å². The molecular weight excluding hydrogens is 380 g/mol. The van der Waals surface area contributed by atoms with Crippen molar-refractivity contribution < 1.29 is 13.2 Å². The summed E-state index contributed by atoms with van der Waals surface area (Å²) in [6.45, 7) is 0.124. The number of para-hydroxylation sites is 1. The first-order chi connectivity index (χ1) is 13.0. The number of aromatic nitrogens is 1. The topological polar surface area (TPSA) is 76.1 Å². The molecule has 2 heterocycles. The number of hydrogen-bond donors (Lipinski definition) is 1. The van der Waals surface area contributed by atoms with Gasteiger partial charge in [-0.2, -0.15) is 0 Å². The van der Waals surface area contributed by atoms with Gasteiger partial charge in [-0.15, -0.1) is 11.3 Å². The van der Waals surface area contributed by atoms with E-state index in [1.165, 1.54) is 0 Å². The van der Waals surface area contributed by atoms with Crippen LogP contribution in [0.4, 0.5) is 0 Å². The second kappa shape index (κ2) is 7.40. The maximum Gasteiger partial charge on any atom is 0.252 e. The lowest BCUT2D eigenvalue weighted by Crippen LogP contribution is -2.30. The molecule has 1 N–H and O–H groups in total. The lowest BCUT2D eigenvalue weighted by molar-refractivity contribution is 0.0957. The maximum absolute atomic E-state index is 12.8. The SMILES string of the molecule is O=C(NCCS(=O)(=O)CC1CC1)c1cc(-c2cccs2)nc2ccccc12. The van der Waals surface area contributed by atoms with Crippen LogP contribution < -0.4 is 5.32 Å². The molecule has 1 aliphatic carbocycles. The standard InChI is InChI=1S/C20H20N2O3S2/c23-20(21-9-11-27(24,25)13-14-7-8-14)16-12-18(19-6-3-10-26-19)22-17-5-2-1-4-15(16)17/h1-6,10,12,14H,7-9,11,13H2,(H,21,23). The molecule has 27 heavy (non-hydrogen) atoms. The molecular formula is C20H20N2O3S2. The molecule has 4 rings (SSSR count). The lowest BCUT2D eigenvalue weighted by atomic mass is 10.1. The van der Waals surface area contributed by atoms with Crippen molar-refractivity contribution in [1.82, 2.24) is 10.3 Å². The van der Waals surface area contributed by atoms with Crippen molar-refractivity contribution in [2.45, 2.75) is 12.8 Å². The minimum absolute atomic E-state index is 0.0178. The van der Waals surface area contributed by atoms with Gasteiger partial charge in [0.05, 0.1) is 33.2 Å². The average molecular weight is 401 g/mol. The zero-order valence-corrected chi connectivity index (χ0v) is 16.4. The second-order valence-electron chi connectivity index (χ2n) is 6.86. The van der Waals surface area contributed by atoms with Crippen LogP contribution in [-0.2, 0) is 9.84 Å². The molecule has 0 saturated heterocycles. The monoisotopic (exact) mass is 400 g/mol. The number of rotatable bonds is 7. The summed E-state index contributed by atoms with van der Waals surface area (Å²) in [5.74, 6) is 0.274. The summed E-state index contributed by atoms with van der Waals surface area (Å²) in [4.78, 5) is 18.4. The normalized spacial score (nSPS) is 14.4. The van der Waals surface area contributed by atoms with Crippen LogP contribution >= 0.6 is 11.3 Å². The number of nitrogens with zero attached hydrogens (tertiary/aromatic N) is 1. The highest BCUT2D eigenvalue weighted by atomic mass is 32.2. The van der Waals surface area contributed by atoms with Gasteiger partial charge in [0.1, 0.15) is 0 Å². The first kappa shape index (κ1) is 18.1. The van der Waals surface area contributed by atoms with E-state index in [0.717, 1.165) is 34.3 Å². The van der Waals surface area contributed by atoms with E-state index in [1.807, 2.05) is 41.8 Å². The number of carbonyl (C=O) groups is 1. The fraction of sp³-hybridized carbons (Fsp3) is 0.300. The van der Waals surface area contributed by atoms with E-state index in [1.54, 1.807) is 17.4 Å². The number of thiophene rings is 1. The van der Waals surface area contributed by atoms with Crippen LogP contribution in [0.15, 0.2) is 47.8 Å². The van der Waals surface area contributed by atoms with Crippen molar-refractivity contribution in [3.8, 4) is 10.6 Å². The van der Waals surface area contributed by atoms with Crippen LogP contribution in [0.2, 0.25) is 0 Å². The molecule has 0 aliphatic heterocycles. The molecule has 0 radical (unpaired) electrons. The summed E-state index contributed by atoms with van der Waals surface area (Å²) in [5, 5.41) is 5.50. The summed E-state index contributed by atoms with van der Waals surface area (Å²) < 4.78 is 24.1. The zero-order valence-electron chi connectivity index (χ0n) is 14.7. The van der Waals surface area contributed by atoms with Gasteiger partial charge in [0, 0.05) is 11.9 Å². The molecule has 1 aromatic carbocycles. The highest BCUT2D eigenvalue weighted by Crippen LogP contribution is 2.30. The minimum atomic E-state index is -3.11. The van der Waals surface area contributed by atoms with Crippen LogP contribution in [0.25, 0.3) is 21.5 Å². The maximum atomic E-state index is 12.8. The fourth-order valence-electron chi connectivity index (χ4n) is 3.06. The van der Waals surface area contributed by atoms with E-state index in [9.17, 15) is 13.2 Å². The molecule has 3 aromatic rings. The Morgan fingerprint density at radius 1 is 1.19 bits per heavy atom. The number of amides is 1. The number of benzene rings is 1. The number of fused-ring (bicyclic) bond motifs is 1. The Labute approximate surface area is 162 Å². The predicted molar refractivity (Wildman–Crippen MR) is 109 cm³/mol. The highest BCUT2D eigenvalue weighted by molar-refractivity contribution is 7.91. The van der Waals surface area contributed by atoms with Crippen molar-refractivity contribution in [2.75, 3.05) is 18.1 Å². The third-order valence-corrected chi connectivity index (χ3v) is 7.32. The number of nitrogens with one attached hydrogen (secondary N) is 1. The predicted octanol–water partition coefficient (Wildman–Crippen LogP) is 3.52. The van der Waals surface area contributed by atoms with Crippen LogP contribution in [0, 0.1) is 5.92 Å². The third kappa shape index (κ3) is 4.36. The van der Waals surface area contributed by atoms with Gasteiger partial charge >= 0.3 is 0 Å². The van der Waals surface area contributed by atoms with E-state index in [0.29, 0.717) is 11.5 Å². The molecule has 140 valence electrons. The van der Waals surface area contributed by atoms with Gasteiger partial charge in [-0.25, -0.2) is 13.4 Å².